The molecule has 0 bridgehead atoms. The molecular formula is C19H28PSi2. The summed E-state index contributed by atoms with van der Waals surface area (Å²) >= 11 is 0. The zero-order chi connectivity index (χ0) is 16.0. The molecule has 2 rings (SSSR count). The van der Waals surface area contributed by atoms with Crippen LogP contribution < -0.4 is 10.6 Å². The molecule has 0 saturated carbocycles. The second-order valence-corrected chi connectivity index (χ2v) is 20.6. The molecule has 0 spiro atoms. The van der Waals surface area contributed by atoms with E-state index in [0.717, 1.165) is 0 Å². The van der Waals surface area contributed by atoms with E-state index >= 15 is 0 Å². The van der Waals surface area contributed by atoms with Crippen molar-refractivity contribution in [3.63, 3.8) is 0 Å². The highest BCUT2D eigenvalue weighted by Crippen LogP contribution is 2.47. The van der Waals surface area contributed by atoms with Gasteiger partial charge in [0.2, 0.25) is 0 Å². The van der Waals surface area contributed by atoms with E-state index in [0.29, 0.717) is 0 Å². The molecule has 1 radical (unpaired) electrons. The first-order chi connectivity index (χ1) is 10.5. The van der Waals surface area contributed by atoms with Gasteiger partial charge in [0, 0.05) is 8.80 Å². The van der Waals surface area contributed by atoms with Crippen molar-refractivity contribution in [1.29, 1.82) is 0 Å². The van der Waals surface area contributed by atoms with Gasteiger partial charge in [0.1, 0.15) is 0 Å². The molecule has 0 aliphatic rings. The Balaban J connectivity index is 2.28. The Hall–Kier alpha value is -0.696. The van der Waals surface area contributed by atoms with Crippen molar-refractivity contribution in [2.75, 3.05) is 0 Å². The summed E-state index contributed by atoms with van der Waals surface area (Å²) in [6.45, 7) is 10.1. The molecular weight excluding hydrogens is 315 g/mol. The molecule has 2 aromatic rings. The van der Waals surface area contributed by atoms with Crippen LogP contribution in [0.1, 0.15) is 6.42 Å². The average molecular weight is 344 g/mol. The first kappa shape index (κ1) is 17.7. The molecule has 0 atom stereocenters. The maximum Gasteiger partial charge on any atom is 0.0858 e. The van der Waals surface area contributed by atoms with Gasteiger partial charge in [-0.3, -0.25) is 0 Å². The molecule has 3 heteroatoms. The normalized spacial score (nSPS) is 12.1. The van der Waals surface area contributed by atoms with Crippen LogP contribution in [0.5, 0.6) is 0 Å². The van der Waals surface area contributed by atoms with E-state index in [1.54, 1.807) is 10.6 Å². The second-order valence-electron chi connectivity index (χ2n) is 6.88. The number of hydrogen-bond donors (Lipinski definition) is 0. The third-order valence-electron chi connectivity index (χ3n) is 4.10. The minimum absolute atomic E-state index is 0.0807. The highest BCUT2D eigenvalue weighted by molar-refractivity contribution is 8.04. The summed E-state index contributed by atoms with van der Waals surface area (Å²) < 4.78 is 0. The van der Waals surface area contributed by atoms with Gasteiger partial charge in [-0.2, -0.15) is 0 Å². The van der Waals surface area contributed by atoms with Gasteiger partial charge in [0.15, 0.2) is 0 Å². The van der Waals surface area contributed by atoms with Crippen molar-refractivity contribution in [3.8, 4) is 0 Å². The van der Waals surface area contributed by atoms with Crippen molar-refractivity contribution in [3.05, 3.63) is 60.7 Å². The van der Waals surface area contributed by atoms with E-state index in [1.165, 1.54) is 18.5 Å². The van der Waals surface area contributed by atoms with E-state index in [-0.39, 0.29) is 16.3 Å². The lowest BCUT2D eigenvalue weighted by molar-refractivity contribution is 1.04. The summed E-state index contributed by atoms with van der Waals surface area (Å²) in [6, 6.07) is 25.4. The molecule has 22 heavy (non-hydrogen) atoms. The minimum Gasteiger partial charge on any atom is -0.0713 e. The third kappa shape index (κ3) is 4.91. The van der Waals surface area contributed by atoms with E-state index in [2.05, 4.69) is 86.9 Å². The maximum absolute atomic E-state index is 2.61. The molecule has 0 saturated heterocycles. The summed E-state index contributed by atoms with van der Waals surface area (Å²) in [5.74, 6) is 0. The number of rotatable bonds is 7. The predicted octanol–water partition coefficient (Wildman–Crippen LogP) is 5.47. The standard InChI is InChI=1S/C19H28PSi2/c1-21(2)16-11-17-22(3,4)20(18-12-7-5-8-13-18)19-14-9-6-10-15-19/h5-10,12-15H,11,16-17H2,1-4H3. The molecule has 0 aliphatic carbocycles. The summed E-state index contributed by atoms with van der Waals surface area (Å²) in [5.41, 5.74) is 0. The Morgan fingerprint density at radius 1 is 0.818 bits per heavy atom. The molecule has 0 fully saturated rings. The Labute approximate surface area is 140 Å². The van der Waals surface area contributed by atoms with Crippen LogP contribution in [-0.4, -0.2) is 16.5 Å². The molecule has 0 heterocycles. The maximum atomic E-state index is 2.61. The second kappa shape index (κ2) is 8.24. The first-order valence-electron chi connectivity index (χ1n) is 8.20. The van der Waals surface area contributed by atoms with Crippen LogP contribution in [0.15, 0.2) is 60.7 Å². The summed E-state index contributed by atoms with van der Waals surface area (Å²) in [7, 11) is -1.56. The lowest BCUT2D eigenvalue weighted by atomic mass is 10.4. The Morgan fingerprint density at radius 3 is 1.68 bits per heavy atom. The highest BCUT2D eigenvalue weighted by Gasteiger charge is 2.33. The molecule has 0 N–H and O–H groups in total. The van der Waals surface area contributed by atoms with Gasteiger partial charge in [-0.1, -0.05) is 113 Å². The summed E-state index contributed by atoms with van der Waals surface area (Å²) in [6.07, 6.45) is 1.43. The Bertz CT molecular complexity index is 513. The van der Waals surface area contributed by atoms with E-state index in [4.69, 9.17) is 0 Å². The predicted molar refractivity (Wildman–Crippen MR) is 108 cm³/mol. The molecule has 0 aliphatic heterocycles. The fourth-order valence-corrected chi connectivity index (χ4v) is 14.4. The lowest BCUT2D eigenvalue weighted by Gasteiger charge is -2.34. The first-order valence-corrected chi connectivity index (χ1v) is 16.3. The molecule has 0 unspecified atom stereocenters. The van der Waals surface area contributed by atoms with Crippen molar-refractivity contribution in [1.82, 2.24) is 0 Å². The van der Waals surface area contributed by atoms with Crippen LogP contribution in [0.25, 0.3) is 0 Å². The van der Waals surface area contributed by atoms with Crippen molar-refractivity contribution >= 4 is 34.6 Å². The van der Waals surface area contributed by atoms with Gasteiger partial charge in [0.25, 0.3) is 0 Å². The smallest absolute Gasteiger partial charge is 0.0713 e. The van der Waals surface area contributed by atoms with Crippen molar-refractivity contribution in [2.45, 2.75) is 44.7 Å². The lowest BCUT2D eigenvalue weighted by Crippen LogP contribution is -2.33. The molecule has 117 valence electrons. The third-order valence-corrected chi connectivity index (χ3v) is 15.7. The monoisotopic (exact) mass is 343 g/mol. The fourth-order valence-electron chi connectivity index (χ4n) is 2.99. The summed E-state index contributed by atoms with van der Waals surface area (Å²) in [4.78, 5) is 0. The zero-order valence-corrected chi connectivity index (χ0v) is 17.2. The van der Waals surface area contributed by atoms with Crippen molar-refractivity contribution in [2.24, 2.45) is 0 Å². The average Bonchev–Trinajstić information content (AvgIpc) is 2.48. The number of benzene rings is 2. The van der Waals surface area contributed by atoms with Gasteiger partial charge < -0.3 is 0 Å². The van der Waals surface area contributed by atoms with Gasteiger partial charge in [-0.15, -0.1) is 0 Å². The fraction of sp³-hybridized carbons (Fsp3) is 0.368. The quantitative estimate of drug-likeness (QED) is 0.462. The van der Waals surface area contributed by atoms with E-state index in [9.17, 15) is 0 Å². The van der Waals surface area contributed by atoms with Gasteiger partial charge in [-0.05, 0) is 10.6 Å². The van der Waals surface area contributed by atoms with Gasteiger partial charge >= 0.3 is 0 Å². The molecule has 0 aromatic heterocycles. The van der Waals surface area contributed by atoms with Crippen LogP contribution in [0, 0.1) is 0 Å². The molecule has 2 aromatic carbocycles. The summed E-state index contributed by atoms with van der Waals surface area (Å²) in [5, 5.41) is 3.14. The van der Waals surface area contributed by atoms with E-state index in [1.807, 2.05) is 0 Å². The largest absolute Gasteiger partial charge is 0.0858 e. The number of hydrogen-bond acceptors (Lipinski definition) is 0. The zero-order valence-electron chi connectivity index (χ0n) is 14.3. The highest BCUT2D eigenvalue weighted by atomic mass is 31.4. The van der Waals surface area contributed by atoms with Gasteiger partial charge in [0.05, 0.1) is 7.74 Å². The van der Waals surface area contributed by atoms with Crippen LogP contribution in [0.2, 0.25) is 38.3 Å². The van der Waals surface area contributed by atoms with Crippen LogP contribution in [-0.2, 0) is 0 Å². The SMILES string of the molecule is C[Si](C)CCC[Si](C)(C)P(c1ccccc1)c1ccccc1. The minimum atomic E-state index is -1.30. The van der Waals surface area contributed by atoms with Crippen LogP contribution >= 0.6 is 7.47 Å². The van der Waals surface area contributed by atoms with Crippen LogP contribution in [0.3, 0.4) is 0 Å². The molecule has 0 nitrogen and oxygen atoms in total. The van der Waals surface area contributed by atoms with Gasteiger partial charge in [-0.25, -0.2) is 0 Å². The van der Waals surface area contributed by atoms with Crippen LogP contribution in [0.4, 0.5) is 0 Å². The Kier molecular flexibility index (Phi) is 6.61. The molecule has 0 amide bonds. The van der Waals surface area contributed by atoms with Crippen molar-refractivity contribution < 1.29 is 0 Å². The topological polar surface area (TPSA) is 0 Å². The van der Waals surface area contributed by atoms with E-state index < -0.39 is 7.74 Å². The Morgan fingerprint density at radius 2 is 1.27 bits per heavy atom.